The van der Waals surface area contributed by atoms with Gasteiger partial charge in [-0.2, -0.15) is 0 Å². The minimum Gasteiger partial charge on any atom is -0.378 e. The maximum Gasteiger partial charge on any atom is 0.145 e. The molecule has 100 valence electrons. The van der Waals surface area contributed by atoms with Crippen LogP contribution in [0.3, 0.4) is 0 Å². The molecular formula is C12H19ClN4O. The summed E-state index contributed by atoms with van der Waals surface area (Å²) in [6, 6.07) is 1.02. The van der Waals surface area contributed by atoms with E-state index in [2.05, 4.69) is 20.3 Å². The third-order valence-electron chi connectivity index (χ3n) is 3.90. The number of allylic oxidation sites excluding steroid dienone is 1. The molecule has 1 N–H and O–H groups in total. The molecule has 2 fully saturated rings. The molecule has 0 radical (unpaired) electrons. The molecule has 0 spiro atoms. The highest BCUT2D eigenvalue weighted by atomic mass is 35.5. The van der Waals surface area contributed by atoms with E-state index in [0.717, 1.165) is 31.9 Å². The maximum atomic E-state index is 6.33. The predicted molar refractivity (Wildman–Crippen MR) is 71.2 cm³/mol. The Morgan fingerprint density at radius 1 is 1.44 bits per heavy atom. The highest BCUT2D eigenvalue weighted by molar-refractivity contribution is 6.29. The minimum absolute atomic E-state index is 0.411. The summed E-state index contributed by atoms with van der Waals surface area (Å²) in [5.74, 6) is 0. The molecule has 3 aliphatic rings. The number of ether oxygens (including phenoxy) is 1. The second-order valence-corrected chi connectivity index (χ2v) is 5.47. The first kappa shape index (κ1) is 12.3. The molecule has 0 aromatic heterocycles. The van der Waals surface area contributed by atoms with Gasteiger partial charge in [-0.15, -0.1) is 0 Å². The smallest absolute Gasteiger partial charge is 0.145 e. The molecule has 0 saturated carbocycles. The summed E-state index contributed by atoms with van der Waals surface area (Å²) in [6.45, 7) is 5.91. The number of aliphatic imine (C=N–C) groups is 1. The lowest BCUT2D eigenvalue weighted by atomic mass is 10.0. The summed E-state index contributed by atoms with van der Waals surface area (Å²) in [5.41, 5.74) is 4.03. The molecule has 0 unspecified atom stereocenters. The fraction of sp³-hybridized carbons (Fsp3) is 0.750. The lowest BCUT2D eigenvalue weighted by molar-refractivity contribution is -0.0792. The number of nitrogens with one attached hydrogen (secondary N) is 1. The molecule has 3 heterocycles. The average molecular weight is 271 g/mol. The second-order valence-electron chi connectivity index (χ2n) is 5.12. The summed E-state index contributed by atoms with van der Waals surface area (Å²) in [4.78, 5) is 6.69. The van der Waals surface area contributed by atoms with Crippen molar-refractivity contribution in [2.24, 2.45) is 4.99 Å². The van der Waals surface area contributed by atoms with Crippen molar-refractivity contribution in [3.63, 3.8) is 0 Å². The number of rotatable bonds is 2. The molecule has 1 atom stereocenters. The third-order valence-corrected chi connectivity index (χ3v) is 4.35. The van der Waals surface area contributed by atoms with E-state index in [0.29, 0.717) is 17.2 Å². The SMILES string of the molecule is CC1=C(Cl)N([C@@H]2CCCN(C3COC3)C2)NC=N1. The van der Waals surface area contributed by atoms with Crippen molar-refractivity contribution in [1.82, 2.24) is 15.3 Å². The Morgan fingerprint density at radius 3 is 3.00 bits per heavy atom. The van der Waals surface area contributed by atoms with E-state index in [9.17, 15) is 0 Å². The lowest BCUT2D eigenvalue weighted by Gasteiger charge is -2.45. The quantitative estimate of drug-likeness (QED) is 0.764. The molecular weight excluding hydrogens is 252 g/mol. The molecule has 0 aromatic rings. The van der Waals surface area contributed by atoms with Gasteiger partial charge in [0.05, 0.1) is 31.0 Å². The molecule has 0 bridgehead atoms. The van der Waals surface area contributed by atoms with Crippen LogP contribution in [-0.4, -0.2) is 54.6 Å². The monoisotopic (exact) mass is 270 g/mol. The Morgan fingerprint density at radius 2 is 2.28 bits per heavy atom. The van der Waals surface area contributed by atoms with Crippen LogP contribution in [0.2, 0.25) is 0 Å². The van der Waals surface area contributed by atoms with Gasteiger partial charge >= 0.3 is 0 Å². The van der Waals surface area contributed by atoms with Crippen molar-refractivity contribution in [3.8, 4) is 0 Å². The van der Waals surface area contributed by atoms with Gasteiger partial charge in [0.1, 0.15) is 11.5 Å². The first-order valence-corrected chi connectivity index (χ1v) is 6.89. The van der Waals surface area contributed by atoms with Crippen LogP contribution in [0.25, 0.3) is 0 Å². The number of piperidine rings is 1. The molecule has 3 aliphatic heterocycles. The summed E-state index contributed by atoms with van der Waals surface area (Å²) < 4.78 is 5.28. The zero-order valence-electron chi connectivity index (χ0n) is 10.6. The van der Waals surface area contributed by atoms with Crippen molar-refractivity contribution in [3.05, 3.63) is 10.9 Å². The van der Waals surface area contributed by atoms with Crippen molar-refractivity contribution >= 4 is 17.9 Å². The highest BCUT2D eigenvalue weighted by Gasteiger charge is 2.33. The standard InChI is InChI=1S/C12H19ClN4O/c1-9-12(13)17(15-8-14-9)10-3-2-4-16(5-10)11-6-18-7-11/h8,10-11H,2-7H2,1H3,(H,14,15)/t10-/m1/s1. The topological polar surface area (TPSA) is 40.1 Å². The van der Waals surface area contributed by atoms with Crippen molar-refractivity contribution < 1.29 is 4.74 Å². The summed E-state index contributed by atoms with van der Waals surface area (Å²) in [6.07, 6.45) is 4.08. The van der Waals surface area contributed by atoms with Gasteiger partial charge in [-0.1, -0.05) is 11.6 Å². The van der Waals surface area contributed by atoms with E-state index in [1.54, 1.807) is 6.34 Å². The van der Waals surface area contributed by atoms with Gasteiger partial charge in [0.2, 0.25) is 0 Å². The fourth-order valence-corrected chi connectivity index (χ4v) is 2.93. The fourth-order valence-electron chi connectivity index (χ4n) is 2.70. The van der Waals surface area contributed by atoms with Crippen LogP contribution in [0.15, 0.2) is 15.8 Å². The van der Waals surface area contributed by atoms with E-state index in [4.69, 9.17) is 16.3 Å². The summed E-state index contributed by atoms with van der Waals surface area (Å²) in [5, 5.41) is 2.77. The van der Waals surface area contributed by atoms with Crippen LogP contribution < -0.4 is 5.43 Å². The van der Waals surface area contributed by atoms with Crippen LogP contribution in [0, 0.1) is 0 Å². The number of hydrazine groups is 1. The largest absolute Gasteiger partial charge is 0.378 e. The highest BCUT2D eigenvalue weighted by Crippen LogP contribution is 2.26. The van der Waals surface area contributed by atoms with Gasteiger partial charge in [-0.3, -0.25) is 15.3 Å². The summed E-state index contributed by atoms with van der Waals surface area (Å²) >= 11 is 6.33. The molecule has 6 heteroatoms. The Balaban J connectivity index is 1.67. The van der Waals surface area contributed by atoms with Crippen LogP contribution in [0.5, 0.6) is 0 Å². The van der Waals surface area contributed by atoms with Gasteiger partial charge < -0.3 is 4.74 Å². The molecule has 0 amide bonds. The van der Waals surface area contributed by atoms with Gasteiger partial charge in [0.25, 0.3) is 0 Å². The number of hydrogen-bond donors (Lipinski definition) is 1. The molecule has 2 saturated heterocycles. The van der Waals surface area contributed by atoms with E-state index in [1.165, 1.54) is 13.0 Å². The van der Waals surface area contributed by atoms with E-state index >= 15 is 0 Å². The molecule has 5 nitrogen and oxygen atoms in total. The predicted octanol–water partition coefficient (Wildman–Crippen LogP) is 1.13. The Bertz CT molecular complexity index is 380. The number of likely N-dealkylation sites (tertiary alicyclic amines) is 1. The first-order valence-electron chi connectivity index (χ1n) is 6.52. The Kier molecular flexibility index (Phi) is 3.46. The van der Waals surface area contributed by atoms with Crippen LogP contribution in [-0.2, 0) is 4.74 Å². The first-order chi connectivity index (χ1) is 8.75. The van der Waals surface area contributed by atoms with E-state index in [-0.39, 0.29) is 0 Å². The van der Waals surface area contributed by atoms with Crippen molar-refractivity contribution in [2.75, 3.05) is 26.3 Å². The Labute approximate surface area is 112 Å². The molecule has 18 heavy (non-hydrogen) atoms. The molecule has 0 aromatic carbocycles. The number of halogens is 1. The van der Waals surface area contributed by atoms with Gasteiger partial charge in [0.15, 0.2) is 0 Å². The van der Waals surface area contributed by atoms with Gasteiger partial charge in [-0.25, -0.2) is 4.99 Å². The van der Waals surface area contributed by atoms with Crippen LogP contribution in [0.1, 0.15) is 19.8 Å². The zero-order valence-corrected chi connectivity index (χ0v) is 11.4. The van der Waals surface area contributed by atoms with Gasteiger partial charge in [-0.05, 0) is 26.3 Å². The summed E-state index contributed by atoms with van der Waals surface area (Å²) in [7, 11) is 0. The van der Waals surface area contributed by atoms with Crippen molar-refractivity contribution in [1.29, 1.82) is 0 Å². The average Bonchev–Trinajstić information content (AvgIpc) is 2.31. The maximum absolute atomic E-state index is 6.33. The van der Waals surface area contributed by atoms with Crippen LogP contribution in [0.4, 0.5) is 0 Å². The van der Waals surface area contributed by atoms with Gasteiger partial charge in [0, 0.05) is 6.54 Å². The molecule has 0 aliphatic carbocycles. The third kappa shape index (κ3) is 2.22. The second kappa shape index (κ2) is 5.07. The van der Waals surface area contributed by atoms with E-state index in [1.807, 2.05) is 6.92 Å². The Hall–Kier alpha value is -0.780. The van der Waals surface area contributed by atoms with Crippen molar-refractivity contribution in [2.45, 2.75) is 31.8 Å². The van der Waals surface area contributed by atoms with Crippen LogP contribution >= 0.6 is 11.6 Å². The number of nitrogens with zero attached hydrogens (tertiary/aromatic N) is 3. The number of hydrogen-bond acceptors (Lipinski definition) is 5. The normalized spacial score (nSPS) is 30.3. The van der Waals surface area contributed by atoms with E-state index < -0.39 is 0 Å². The minimum atomic E-state index is 0.411. The zero-order chi connectivity index (χ0) is 12.5. The molecule has 3 rings (SSSR count). The lowest BCUT2D eigenvalue weighted by Crippen LogP contribution is -2.58.